The van der Waals surface area contributed by atoms with Crippen LogP contribution in [0, 0.1) is 0 Å². The molecular formula is C12H11BrN2O. The van der Waals surface area contributed by atoms with Gasteiger partial charge in [0.1, 0.15) is 10.2 Å². The van der Waals surface area contributed by atoms with Gasteiger partial charge in [-0.2, -0.15) is 0 Å². The summed E-state index contributed by atoms with van der Waals surface area (Å²) in [5, 5.41) is 3.96. The molecule has 2 aromatic rings. The van der Waals surface area contributed by atoms with Gasteiger partial charge in [-0.05, 0) is 52.4 Å². The van der Waals surface area contributed by atoms with Crippen LogP contribution >= 0.6 is 15.9 Å². The molecule has 1 aliphatic carbocycles. The fourth-order valence-corrected chi connectivity index (χ4v) is 2.56. The second kappa shape index (κ2) is 3.63. The lowest BCUT2D eigenvalue weighted by Crippen LogP contribution is -1.86. The Morgan fingerprint density at radius 2 is 2.06 bits per heavy atom. The van der Waals surface area contributed by atoms with Crippen LogP contribution < -0.4 is 5.73 Å². The van der Waals surface area contributed by atoms with E-state index >= 15 is 0 Å². The third kappa shape index (κ3) is 1.45. The number of fused-ring (bicyclic) bond motifs is 1. The molecule has 1 heterocycles. The first-order valence-corrected chi connectivity index (χ1v) is 6.08. The summed E-state index contributed by atoms with van der Waals surface area (Å²) in [4.78, 5) is 0. The smallest absolute Gasteiger partial charge is 0.237 e. The van der Waals surface area contributed by atoms with E-state index in [9.17, 15) is 0 Å². The van der Waals surface area contributed by atoms with Gasteiger partial charge >= 0.3 is 0 Å². The van der Waals surface area contributed by atoms with Gasteiger partial charge in [-0.15, -0.1) is 0 Å². The van der Waals surface area contributed by atoms with Crippen molar-refractivity contribution in [3.8, 4) is 11.3 Å². The number of benzene rings is 1. The number of nitrogens with zero attached hydrogens (tertiary/aromatic N) is 1. The molecule has 3 nitrogen and oxygen atoms in total. The van der Waals surface area contributed by atoms with Crippen molar-refractivity contribution < 1.29 is 4.52 Å². The van der Waals surface area contributed by atoms with Crippen molar-refractivity contribution in [3.05, 3.63) is 33.8 Å². The topological polar surface area (TPSA) is 52.0 Å². The first-order valence-electron chi connectivity index (χ1n) is 5.28. The molecule has 0 atom stereocenters. The monoisotopic (exact) mass is 278 g/mol. The van der Waals surface area contributed by atoms with E-state index < -0.39 is 0 Å². The van der Waals surface area contributed by atoms with E-state index in [0.717, 1.165) is 22.2 Å². The summed E-state index contributed by atoms with van der Waals surface area (Å²) >= 11 is 3.39. The normalized spacial score (nSPS) is 14.1. The maximum atomic E-state index is 5.61. The van der Waals surface area contributed by atoms with Crippen molar-refractivity contribution in [1.82, 2.24) is 5.16 Å². The lowest BCUT2D eigenvalue weighted by Gasteiger charge is -2.02. The highest BCUT2D eigenvalue weighted by Gasteiger charge is 2.16. The first-order chi connectivity index (χ1) is 7.75. The second-order valence-corrected chi connectivity index (χ2v) is 4.84. The lowest BCUT2D eigenvalue weighted by atomic mass is 10.0. The van der Waals surface area contributed by atoms with Crippen LogP contribution in [0.25, 0.3) is 11.3 Å². The number of hydrogen-bond acceptors (Lipinski definition) is 3. The maximum absolute atomic E-state index is 5.61. The number of anilines is 1. The van der Waals surface area contributed by atoms with Crippen molar-refractivity contribution in [2.75, 3.05) is 5.73 Å². The van der Waals surface area contributed by atoms with Crippen LogP contribution in [0.2, 0.25) is 0 Å². The Kier molecular flexibility index (Phi) is 2.24. The number of aryl methyl sites for hydroxylation is 2. The van der Waals surface area contributed by atoms with Crippen LogP contribution in [0.5, 0.6) is 0 Å². The lowest BCUT2D eigenvalue weighted by molar-refractivity contribution is 0.439. The molecule has 1 aromatic carbocycles. The van der Waals surface area contributed by atoms with E-state index in [2.05, 4.69) is 39.3 Å². The minimum absolute atomic E-state index is 0.329. The van der Waals surface area contributed by atoms with E-state index in [4.69, 9.17) is 10.3 Å². The molecule has 2 N–H and O–H groups in total. The molecule has 0 amide bonds. The zero-order valence-corrected chi connectivity index (χ0v) is 10.3. The first kappa shape index (κ1) is 9.90. The summed E-state index contributed by atoms with van der Waals surface area (Å²) in [6.45, 7) is 0. The summed E-state index contributed by atoms with van der Waals surface area (Å²) in [6.07, 6.45) is 3.60. The van der Waals surface area contributed by atoms with E-state index in [1.54, 1.807) is 0 Å². The Morgan fingerprint density at radius 1 is 1.25 bits per heavy atom. The van der Waals surface area contributed by atoms with Gasteiger partial charge in [-0.3, -0.25) is 0 Å². The molecule has 0 saturated carbocycles. The summed E-state index contributed by atoms with van der Waals surface area (Å²) in [6, 6.07) is 6.44. The van der Waals surface area contributed by atoms with Crippen molar-refractivity contribution in [2.45, 2.75) is 19.3 Å². The highest BCUT2D eigenvalue weighted by molar-refractivity contribution is 9.10. The molecule has 0 spiro atoms. The third-order valence-electron chi connectivity index (χ3n) is 3.03. The highest BCUT2D eigenvalue weighted by atomic mass is 79.9. The zero-order valence-electron chi connectivity index (χ0n) is 8.66. The quantitative estimate of drug-likeness (QED) is 0.872. The minimum atomic E-state index is 0.329. The largest absolute Gasteiger partial charge is 0.367 e. The molecule has 1 aromatic heterocycles. The predicted molar refractivity (Wildman–Crippen MR) is 66.1 cm³/mol. The molecule has 82 valence electrons. The van der Waals surface area contributed by atoms with Gasteiger partial charge < -0.3 is 10.3 Å². The third-order valence-corrected chi connectivity index (χ3v) is 3.80. The predicted octanol–water partition coefficient (Wildman–Crippen LogP) is 3.18. The van der Waals surface area contributed by atoms with E-state index in [-0.39, 0.29) is 0 Å². The number of rotatable bonds is 1. The molecule has 0 aliphatic heterocycles. The molecule has 16 heavy (non-hydrogen) atoms. The SMILES string of the molecule is Nc1onc(-c2ccc3c(c2)CCC3)c1Br. The molecule has 0 unspecified atom stereocenters. The van der Waals surface area contributed by atoms with Crippen LogP contribution in [0.3, 0.4) is 0 Å². The van der Waals surface area contributed by atoms with E-state index in [1.807, 2.05) is 0 Å². The van der Waals surface area contributed by atoms with Gasteiger partial charge in [0.05, 0.1) is 0 Å². The number of hydrogen-bond donors (Lipinski definition) is 1. The Hall–Kier alpha value is -1.29. The number of nitrogen functional groups attached to an aromatic ring is 1. The summed E-state index contributed by atoms with van der Waals surface area (Å²) in [5.74, 6) is 0.329. The zero-order chi connectivity index (χ0) is 11.1. The molecule has 3 rings (SSSR count). The van der Waals surface area contributed by atoms with Crippen LogP contribution in [-0.4, -0.2) is 5.16 Å². The van der Waals surface area contributed by atoms with Gasteiger partial charge in [0.15, 0.2) is 0 Å². The van der Waals surface area contributed by atoms with Gasteiger partial charge in [-0.1, -0.05) is 17.3 Å². The molecule has 0 bridgehead atoms. The average Bonchev–Trinajstić information content (AvgIpc) is 2.86. The van der Waals surface area contributed by atoms with Crippen molar-refractivity contribution >= 4 is 21.8 Å². The second-order valence-electron chi connectivity index (χ2n) is 4.05. The van der Waals surface area contributed by atoms with Crippen LogP contribution in [0.1, 0.15) is 17.5 Å². The molecule has 0 saturated heterocycles. The summed E-state index contributed by atoms with van der Waals surface area (Å²) < 4.78 is 5.69. The Morgan fingerprint density at radius 3 is 2.81 bits per heavy atom. The fourth-order valence-electron chi connectivity index (χ4n) is 2.19. The van der Waals surface area contributed by atoms with Gasteiger partial charge in [0.25, 0.3) is 0 Å². The Bertz CT molecular complexity index is 548. The molecule has 0 fully saturated rings. The van der Waals surface area contributed by atoms with E-state index in [0.29, 0.717) is 5.88 Å². The standard InChI is InChI=1S/C12H11BrN2O/c13-10-11(15-16-12(10)14)9-5-4-7-2-1-3-8(7)6-9/h4-6H,1-3,14H2. The summed E-state index contributed by atoms with van der Waals surface area (Å²) in [5.41, 5.74) is 10.3. The Balaban J connectivity index is 2.10. The van der Waals surface area contributed by atoms with Gasteiger partial charge in [0, 0.05) is 5.56 Å². The highest BCUT2D eigenvalue weighted by Crippen LogP contribution is 2.34. The number of aromatic nitrogens is 1. The van der Waals surface area contributed by atoms with Crippen LogP contribution in [0.15, 0.2) is 27.2 Å². The van der Waals surface area contributed by atoms with Gasteiger partial charge in [0.2, 0.25) is 5.88 Å². The molecular weight excluding hydrogens is 268 g/mol. The molecule has 1 aliphatic rings. The van der Waals surface area contributed by atoms with Crippen LogP contribution in [-0.2, 0) is 12.8 Å². The van der Waals surface area contributed by atoms with Crippen LogP contribution in [0.4, 0.5) is 5.88 Å². The van der Waals surface area contributed by atoms with Crippen molar-refractivity contribution in [2.24, 2.45) is 0 Å². The van der Waals surface area contributed by atoms with Crippen molar-refractivity contribution in [3.63, 3.8) is 0 Å². The number of nitrogens with two attached hydrogens (primary N) is 1. The van der Waals surface area contributed by atoms with Crippen molar-refractivity contribution in [1.29, 1.82) is 0 Å². The molecule has 4 heteroatoms. The summed E-state index contributed by atoms with van der Waals surface area (Å²) in [7, 11) is 0. The minimum Gasteiger partial charge on any atom is -0.367 e. The Labute approximate surface area is 102 Å². The fraction of sp³-hybridized carbons (Fsp3) is 0.250. The average molecular weight is 279 g/mol. The van der Waals surface area contributed by atoms with Gasteiger partial charge in [-0.25, -0.2) is 0 Å². The van der Waals surface area contributed by atoms with E-state index in [1.165, 1.54) is 24.0 Å². The number of halogens is 1. The maximum Gasteiger partial charge on any atom is 0.237 e. The molecule has 0 radical (unpaired) electrons.